The van der Waals surface area contributed by atoms with Crippen molar-refractivity contribution in [1.82, 2.24) is 9.55 Å². The lowest BCUT2D eigenvalue weighted by atomic mass is 10.0. The van der Waals surface area contributed by atoms with Gasteiger partial charge in [-0.3, -0.25) is 0 Å². The van der Waals surface area contributed by atoms with Crippen molar-refractivity contribution in [3.8, 4) is 0 Å². The highest BCUT2D eigenvalue weighted by Crippen LogP contribution is 2.36. The van der Waals surface area contributed by atoms with Crippen LogP contribution in [0.15, 0.2) is 18.5 Å². The highest BCUT2D eigenvalue weighted by Gasteiger charge is 2.33. The number of imidazole rings is 1. The quantitative estimate of drug-likeness (QED) is 0.936. The Balaban J connectivity index is 2.17. The number of rotatable bonds is 3. The van der Waals surface area contributed by atoms with E-state index in [4.69, 9.17) is 0 Å². The fraction of sp³-hybridized carbons (Fsp3) is 0.500. The molecule has 1 aliphatic rings. The minimum Gasteiger partial charge on any atom is -0.389 e. The van der Waals surface area contributed by atoms with E-state index in [1.807, 2.05) is 0 Å². The highest BCUT2D eigenvalue weighted by molar-refractivity contribution is 5.80. The van der Waals surface area contributed by atoms with Crippen LogP contribution in [0.5, 0.6) is 0 Å². The van der Waals surface area contributed by atoms with Crippen LogP contribution in [0, 0.1) is 5.92 Å². The van der Waals surface area contributed by atoms with E-state index in [9.17, 15) is 18.3 Å². The van der Waals surface area contributed by atoms with E-state index in [0.29, 0.717) is 23.5 Å². The van der Waals surface area contributed by atoms with Gasteiger partial charge in [-0.15, -0.1) is 0 Å². The van der Waals surface area contributed by atoms with Gasteiger partial charge in [0.15, 0.2) is 0 Å². The largest absolute Gasteiger partial charge is 0.416 e. The van der Waals surface area contributed by atoms with Crippen molar-refractivity contribution < 1.29 is 18.3 Å². The van der Waals surface area contributed by atoms with Crippen molar-refractivity contribution in [3.05, 3.63) is 29.6 Å². The van der Waals surface area contributed by atoms with E-state index in [-0.39, 0.29) is 5.56 Å². The zero-order valence-electron chi connectivity index (χ0n) is 11.0. The molecule has 1 fully saturated rings. The van der Waals surface area contributed by atoms with Gasteiger partial charge in [-0.25, -0.2) is 4.98 Å². The third-order valence-corrected chi connectivity index (χ3v) is 3.68. The van der Waals surface area contributed by atoms with Crippen LogP contribution in [-0.2, 0) is 12.7 Å². The Hall–Kier alpha value is -1.56. The molecule has 3 nitrogen and oxygen atoms in total. The third kappa shape index (κ3) is 2.40. The Morgan fingerprint density at radius 1 is 1.40 bits per heavy atom. The SMILES string of the molecule is CC(O)c1cc(C(F)(F)F)cc2c1ncn2CC1CC1. The lowest BCUT2D eigenvalue weighted by Crippen LogP contribution is -2.08. The monoisotopic (exact) mass is 284 g/mol. The Bertz CT molecular complexity index is 642. The molecular formula is C14H15F3N2O. The van der Waals surface area contributed by atoms with Crippen molar-refractivity contribution in [2.75, 3.05) is 0 Å². The molecule has 1 aromatic carbocycles. The summed E-state index contributed by atoms with van der Waals surface area (Å²) < 4.78 is 40.6. The molecule has 0 amide bonds. The summed E-state index contributed by atoms with van der Waals surface area (Å²) in [5.41, 5.74) is 0.388. The molecule has 1 aromatic heterocycles. The number of aromatic nitrogens is 2. The fourth-order valence-electron chi connectivity index (χ4n) is 2.40. The number of aliphatic hydroxyl groups is 1. The summed E-state index contributed by atoms with van der Waals surface area (Å²) in [6.45, 7) is 2.14. The second-order valence-electron chi connectivity index (χ2n) is 5.45. The van der Waals surface area contributed by atoms with Gasteiger partial charge in [-0.05, 0) is 37.8 Å². The van der Waals surface area contributed by atoms with Gasteiger partial charge in [-0.2, -0.15) is 13.2 Å². The number of alkyl halides is 3. The molecule has 3 rings (SSSR count). The first-order chi connectivity index (χ1) is 9.36. The first kappa shape index (κ1) is 13.4. The Morgan fingerprint density at radius 2 is 2.10 bits per heavy atom. The van der Waals surface area contributed by atoms with Crippen molar-refractivity contribution in [2.24, 2.45) is 5.92 Å². The smallest absolute Gasteiger partial charge is 0.389 e. The molecule has 1 unspecified atom stereocenters. The van der Waals surface area contributed by atoms with Crippen LogP contribution >= 0.6 is 0 Å². The van der Waals surface area contributed by atoms with Gasteiger partial charge in [-0.1, -0.05) is 0 Å². The maximum atomic E-state index is 13.0. The summed E-state index contributed by atoms with van der Waals surface area (Å²) in [6, 6.07) is 2.11. The van der Waals surface area contributed by atoms with Gasteiger partial charge in [0.1, 0.15) is 0 Å². The van der Waals surface area contributed by atoms with E-state index in [1.165, 1.54) is 6.92 Å². The molecular weight excluding hydrogens is 269 g/mol. The van der Waals surface area contributed by atoms with Gasteiger partial charge >= 0.3 is 6.18 Å². The van der Waals surface area contributed by atoms with E-state index >= 15 is 0 Å². The van der Waals surface area contributed by atoms with Crippen LogP contribution < -0.4 is 0 Å². The Labute approximate surface area is 114 Å². The standard InChI is InChI=1S/C14H15F3N2O/c1-8(20)11-4-10(14(15,16)17)5-12-13(11)18-7-19(12)6-9-2-3-9/h4-5,7-9,20H,2-3,6H2,1H3. The fourth-order valence-corrected chi connectivity index (χ4v) is 2.40. The van der Waals surface area contributed by atoms with E-state index < -0.39 is 17.8 Å². The number of hydrogen-bond donors (Lipinski definition) is 1. The van der Waals surface area contributed by atoms with Gasteiger partial charge < -0.3 is 9.67 Å². The third-order valence-electron chi connectivity index (χ3n) is 3.68. The number of nitrogens with zero attached hydrogens (tertiary/aromatic N) is 2. The van der Waals surface area contributed by atoms with E-state index in [0.717, 1.165) is 25.0 Å². The Morgan fingerprint density at radius 3 is 2.65 bits per heavy atom. The summed E-state index contributed by atoms with van der Waals surface area (Å²) in [6.07, 6.45) is -1.62. The van der Waals surface area contributed by atoms with Gasteiger partial charge in [0, 0.05) is 12.1 Å². The molecule has 6 heteroatoms. The molecule has 1 heterocycles. The first-order valence-corrected chi connectivity index (χ1v) is 6.60. The minimum atomic E-state index is -4.42. The lowest BCUT2D eigenvalue weighted by molar-refractivity contribution is -0.137. The normalized spacial score (nSPS) is 17.6. The number of halogens is 3. The zero-order chi connectivity index (χ0) is 14.5. The molecule has 0 spiro atoms. The van der Waals surface area contributed by atoms with Crippen LogP contribution in [0.4, 0.5) is 13.2 Å². The summed E-state index contributed by atoms with van der Waals surface area (Å²) in [5, 5.41) is 9.70. The molecule has 20 heavy (non-hydrogen) atoms. The van der Waals surface area contributed by atoms with Crippen LogP contribution in [-0.4, -0.2) is 14.7 Å². The molecule has 2 aromatic rings. The van der Waals surface area contributed by atoms with Crippen LogP contribution in [0.3, 0.4) is 0 Å². The lowest BCUT2D eigenvalue weighted by Gasteiger charge is -2.13. The van der Waals surface area contributed by atoms with Crippen molar-refractivity contribution in [1.29, 1.82) is 0 Å². The van der Waals surface area contributed by atoms with Crippen LogP contribution in [0.25, 0.3) is 11.0 Å². The molecule has 108 valence electrons. The average Bonchev–Trinajstić information content (AvgIpc) is 3.07. The maximum Gasteiger partial charge on any atom is 0.416 e. The van der Waals surface area contributed by atoms with Crippen molar-refractivity contribution in [3.63, 3.8) is 0 Å². The number of benzene rings is 1. The average molecular weight is 284 g/mol. The topological polar surface area (TPSA) is 38.1 Å². The molecule has 0 bridgehead atoms. The second-order valence-corrected chi connectivity index (χ2v) is 5.45. The summed E-state index contributed by atoms with van der Waals surface area (Å²) in [4.78, 5) is 4.18. The number of hydrogen-bond acceptors (Lipinski definition) is 2. The van der Waals surface area contributed by atoms with E-state index in [2.05, 4.69) is 4.98 Å². The number of fused-ring (bicyclic) bond motifs is 1. The van der Waals surface area contributed by atoms with Crippen molar-refractivity contribution in [2.45, 2.75) is 38.6 Å². The predicted octanol–water partition coefficient (Wildman–Crippen LogP) is 3.52. The van der Waals surface area contributed by atoms with Gasteiger partial charge in [0.05, 0.1) is 29.0 Å². The van der Waals surface area contributed by atoms with Crippen molar-refractivity contribution >= 4 is 11.0 Å². The zero-order valence-corrected chi connectivity index (χ0v) is 11.0. The van der Waals surface area contributed by atoms with E-state index in [1.54, 1.807) is 10.9 Å². The molecule has 0 saturated heterocycles. The molecule has 0 aliphatic heterocycles. The van der Waals surface area contributed by atoms with Gasteiger partial charge in [0.2, 0.25) is 0 Å². The second kappa shape index (κ2) is 4.48. The molecule has 1 aliphatic carbocycles. The maximum absolute atomic E-state index is 13.0. The summed E-state index contributed by atoms with van der Waals surface area (Å²) >= 11 is 0. The minimum absolute atomic E-state index is 0.226. The number of aliphatic hydroxyl groups excluding tert-OH is 1. The molecule has 1 N–H and O–H groups in total. The molecule has 1 atom stereocenters. The molecule has 1 saturated carbocycles. The van der Waals surface area contributed by atoms with Gasteiger partial charge in [0.25, 0.3) is 0 Å². The van der Waals surface area contributed by atoms with Crippen LogP contribution in [0.2, 0.25) is 0 Å². The summed E-state index contributed by atoms with van der Waals surface area (Å²) in [7, 11) is 0. The molecule has 0 radical (unpaired) electrons. The van der Waals surface area contributed by atoms with Crippen LogP contribution in [0.1, 0.15) is 37.0 Å². The Kier molecular flexibility index (Phi) is 3.01. The predicted molar refractivity (Wildman–Crippen MR) is 68.1 cm³/mol. The highest BCUT2D eigenvalue weighted by atomic mass is 19.4. The summed E-state index contributed by atoms with van der Waals surface area (Å²) in [5.74, 6) is 0.539. The first-order valence-electron chi connectivity index (χ1n) is 6.60.